The highest BCUT2D eigenvalue weighted by atomic mass is 35.5. The van der Waals surface area contributed by atoms with Gasteiger partial charge in [-0.25, -0.2) is 9.97 Å². The van der Waals surface area contributed by atoms with Crippen LogP contribution in [-0.4, -0.2) is 14.3 Å². The lowest BCUT2D eigenvalue weighted by atomic mass is 10.3. The molecule has 2 heterocycles. The molecule has 15 heavy (non-hydrogen) atoms. The molecule has 0 aliphatic heterocycles. The molecule has 0 saturated carbocycles. The molecule has 0 amide bonds. The second-order valence-electron chi connectivity index (χ2n) is 2.40. The Labute approximate surface area is 99.1 Å². The van der Waals surface area contributed by atoms with Crippen molar-refractivity contribution < 1.29 is 0 Å². The van der Waals surface area contributed by atoms with Crippen LogP contribution in [0, 0.1) is 11.3 Å². The fraction of sp³-hybridized carbons (Fsp3) is 0. The molecule has 0 aliphatic rings. The van der Waals surface area contributed by atoms with Crippen LogP contribution in [0.3, 0.4) is 0 Å². The quantitative estimate of drug-likeness (QED) is 0.824. The molecular weight excluding hydrogens is 252 g/mol. The van der Waals surface area contributed by atoms with Gasteiger partial charge in [0.05, 0.1) is 10.6 Å². The number of hydrogen-bond donors (Lipinski definition) is 0. The Kier molecular flexibility index (Phi) is 3.16. The van der Waals surface area contributed by atoms with Gasteiger partial charge >= 0.3 is 0 Å². The smallest absolute Gasteiger partial charge is 0.176 e. The summed E-state index contributed by atoms with van der Waals surface area (Å²) in [5.41, 5.74) is 0.415. The molecule has 0 unspecified atom stereocenters. The monoisotopic (exact) mass is 254 g/mol. The van der Waals surface area contributed by atoms with E-state index in [1.165, 1.54) is 29.6 Å². The zero-order valence-corrected chi connectivity index (χ0v) is 9.60. The minimum atomic E-state index is 0.361. The lowest BCUT2D eigenvalue weighted by Gasteiger charge is -2.00. The molecule has 2 aromatic rings. The number of pyridine rings is 1. The zero-order chi connectivity index (χ0) is 10.7. The highest BCUT2D eigenvalue weighted by molar-refractivity contribution is 8.01. The summed E-state index contributed by atoms with van der Waals surface area (Å²) in [6, 6.07) is 3.57. The van der Waals surface area contributed by atoms with Crippen LogP contribution < -0.4 is 0 Å². The first kappa shape index (κ1) is 10.4. The first-order chi connectivity index (χ1) is 7.31. The molecule has 0 aromatic carbocycles. The van der Waals surface area contributed by atoms with Gasteiger partial charge in [0.2, 0.25) is 0 Å². The van der Waals surface area contributed by atoms with Crippen LogP contribution in [-0.2, 0) is 0 Å². The maximum absolute atomic E-state index is 8.77. The van der Waals surface area contributed by atoms with Gasteiger partial charge in [-0.1, -0.05) is 11.6 Å². The van der Waals surface area contributed by atoms with E-state index in [0.717, 1.165) is 4.34 Å². The van der Waals surface area contributed by atoms with Gasteiger partial charge in [-0.05, 0) is 29.4 Å². The topological polar surface area (TPSA) is 62.5 Å². The fourth-order valence-corrected chi connectivity index (χ4v) is 2.51. The minimum Gasteiger partial charge on any atom is -0.248 e. The van der Waals surface area contributed by atoms with Crippen LogP contribution in [0.5, 0.6) is 0 Å². The predicted molar refractivity (Wildman–Crippen MR) is 58.0 cm³/mol. The molecule has 0 bridgehead atoms. The number of hydrogen-bond acceptors (Lipinski definition) is 6. The number of nitriles is 1. The summed E-state index contributed by atoms with van der Waals surface area (Å²) < 4.78 is 4.61. The van der Waals surface area contributed by atoms with Crippen LogP contribution in [0.25, 0.3) is 0 Å². The molecule has 0 fully saturated rings. The maximum Gasteiger partial charge on any atom is 0.176 e. The van der Waals surface area contributed by atoms with Gasteiger partial charge in [0.25, 0.3) is 0 Å². The van der Waals surface area contributed by atoms with Gasteiger partial charge in [0, 0.05) is 6.20 Å². The van der Waals surface area contributed by atoms with Gasteiger partial charge in [0.1, 0.15) is 17.4 Å². The lowest BCUT2D eigenvalue weighted by Crippen LogP contribution is -1.85. The van der Waals surface area contributed by atoms with Crippen LogP contribution in [0.2, 0.25) is 5.02 Å². The number of halogens is 1. The van der Waals surface area contributed by atoms with Crippen molar-refractivity contribution in [2.75, 3.05) is 0 Å². The highest BCUT2D eigenvalue weighted by Gasteiger charge is 2.10. The summed E-state index contributed by atoms with van der Waals surface area (Å²) in [6.07, 6.45) is 3.02. The number of nitrogens with zero attached hydrogens (tertiary/aromatic N) is 4. The minimum absolute atomic E-state index is 0.361. The third-order valence-corrected chi connectivity index (χ3v) is 3.72. The van der Waals surface area contributed by atoms with Gasteiger partial charge < -0.3 is 0 Å². The normalized spacial score (nSPS) is 9.87. The van der Waals surface area contributed by atoms with E-state index >= 15 is 0 Å². The molecule has 0 saturated heterocycles. The number of aromatic nitrogens is 3. The van der Waals surface area contributed by atoms with Crippen LogP contribution >= 0.6 is 34.9 Å². The molecule has 0 N–H and O–H groups in total. The van der Waals surface area contributed by atoms with E-state index in [0.29, 0.717) is 15.6 Å². The van der Waals surface area contributed by atoms with Crippen molar-refractivity contribution in [3.05, 3.63) is 29.2 Å². The van der Waals surface area contributed by atoms with Crippen molar-refractivity contribution in [2.24, 2.45) is 0 Å². The molecule has 0 spiro atoms. The van der Waals surface area contributed by atoms with Crippen molar-refractivity contribution in [1.29, 1.82) is 5.26 Å². The summed E-state index contributed by atoms with van der Waals surface area (Å²) in [5.74, 6) is 0. The van der Waals surface area contributed by atoms with E-state index in [1.54, 1.807) is 12.3 Å². The Balaban J connectivity index is 2.34. The van der Waals surface area contributed by atoms with Crippen molar-refractivity contribution in [1.82, 2.24) is 14.3 Å². The Morgan fingerprint density at radius 3 is 3.00 bits per heavy atom. The van der Waals surface area contributed by atoms with Crippen LogP contribution in [0.1, 0.15) is 5.56 Å². The fourth-order valence-electron chi connectivity index (χ4n) is 0.873. The largest absolute Gasteiger partial charge is 0.248 e. The van der Waals surface area contributed by atoms with Gasteiger partial charge in [-0.2, -0.15) is 9.64 Å². The first-order valence-corrected chi connectivity index (χ1v) is 5.77. The van der Waals surface area contributed by atoms with Crippen molar-refractivity contribution in [3.63, 3.8) is 0 Å². The first-order valence-electron chi connectivity index (χ1n) is 3.80. The van der Waals surface area contributed by atoms with Crippen molar-refractivity contribution in [3.8, 4) is 6.07 Å². The molecule has 74 valence electrons. The molecule has 4 nitrogen and oxygen atoms in total. The lowest BCUT2D eigenvalue weighted by molar-refractivity contribution is 1.11. The third-order valence-electron chi connectivity index (χ3n) is 1.50. The van der Waals surface area contributed by atoms with E-state index < -0.39 is 0 Å². The van der Waals surface area contributed by atoms with Crippen LogP contribution in [0.4, 0.5) is 0 Å². The van der Waals surface area contributed by atoms with Crippen molar-refractivity contribution in [2.45, 2.75) is 9.37 Å². The van der Waals surface area contributed by atoms with Crippen LogP contribution in [0.15, 0.2) is 28.0 Å². The second kappa shape index (κ2) is 4.57. The van der Waals surface area contributed by atoms with E-state index in [2.05, 4.69) is 14.3 Å². The SMILES string of the molecule is N#Cc1ccnc(Sc2ncns2)c1Cl. The molecule has 2 rings (SSSR count). The third kappa shape index (κ3) is 2.26. The standard InChI is InChI=1S/C8H3ClN4S2/c9-6-5(3-10)1-2-11-7(6)14-8-12-4-13-15-8/h1-2,4H. The Morgan fingerprint density at radius 1 is 1.47 bits per heavy atom. The van der Waals surface area contributed by atoms with E-state index in [-0.39, 0.29) is 0 Å². The average Bonchev–Trinajstić information content (AvgIpc) is 2.74. The number of rotatable bonds is 2. The molecule has 2 aromatic heterocycles. The zero-order valence-electron chi connectivity index (χ0n) is 7.22. The molecule has 0 atom stereocenters. The maximum atomic E-state index is 8.77. The summed E-state index contributed by atoms with van der Waals surface area (Å²) in [5, 5.41) is 9.71. The Hall–Kier alpha value is -1.16. The van der Waals surface area contributed by atoms with Gasteiger partial charge in [-0.3, -0.25) is 0 Å². The summed E-state index contributed by atoms with van der Waals surface area (Å²) in [6.45, 7) is 0. The summed E-state index contributed by atoms with van der Waals surface area (Å²) >= 11 is 8.54. The van der Waals surface area contributed by atoms with E-state index in [1.807, 2.05) is 6.07 Å². The molecule has 7 heteroatoms. The Bertz CT molecular complexity index is 506. The second-order valence-corrected chi connectivity index (χ2v) is 4.79. The molecule has 0 radical (unpaired) electrons. The summed E-state index contributed by atoms with van der Waals surface area (Å²) in [7, 11) is 0. The molecule has 0 aliphatic carbocycles. The van der Waals surface area contributed by atoms with E-state index in [9.17, 15) is 0 Å². The molecular formula is C8H3ClN4S2. The highest BCUT2D eigenvalue weighted by Crippen LogP contribution is 2.33. The average molecular weight is 255 g/mol. The predicted octanol–water partition coefficient (Wildman–Crippen LogP) is 2.61. The van der Waals surface area contributed by atoms with Crippen molar-refractivity contribution >= 4 is 34.9 Å². The van der Waals surface area contributed by atoms with E-state index in [4.69, 9.17) is 16.9 Å². The van der Waals surface area contributed by atoms with Gasteiger partial charge in [0.15, 0.2) is 4.34 Å². The Morgan fingerprint density at radius 2 is 2.33 bits per heavy atom. The van der Waals surface area contributed by atoms with Gasteiger partial charge in [-0.15, -0.1) is 0 Å². The summed E-state index contributed by atoms with van der Waals surface area (Å²) in [4.78, 5) is 8.08.